The molecule has 0 saturated heterocycles. The molecule has 7 nitrogen and oxygen atoms in total. The van der Waals surface area contributed by atoms with Gasteiger partial charge in [0.25, 0.3) is 0 Å². The van der Waals surface area contributed by atoms with E-state index < -0.39 is 0 Å². The Morgan fingerprint density at radius 3 is 3.06 bits per heavy atom. The smallest absolute Gasteiger partial charge is 0.221 e. The summed E-state index contributed by atoms with van der Waals surface area (Å²) in [5, 5.41) is 15.9. The van der Waals surface area contributed by atoms with Gasteiger partial charge in [0.15, 0.2) is 0 Å². The van der Waals surface area contributed by atoms with Gasteiger partial charge in [-0.3, -0.25) is 9.89 Å². The summed E-state index contributed by atoms with van der Waals surface area (Å²) in [6.45, 7) is 2.82. The number of rotatable bonds is 10. The number of nitrogens with zero attached hydrogens (tertiary/aromatic N) is 2. The van der Waals surface area contributed by atoms with E-state index in [0.29, 0.717) is 26.2 Å². The van der Waals surface area contributed by atoms with E-state index in [4.69, 9.17) is 4.74 Å². The second-order valence-corrected chi connectivity index (χ2v) is 3.85. The maximum Gasteiger partial charge on any atom is 0.221 e. The first-order chi connectivity index (χ1) is 8.83. The van der Waals surface area contributed by atoms with Gasteiger partial charge < -0.3 is 15.4 Å². The Morgan fingerprint density at radius 2 is 2.33 bits per heavy atom. The topological polar surface area (TPSA) is 91.9 Å². The Hall–Kier alpha value is -1.47. The lowest BCUT2D eigenvalue weighted by molar-refractivity contribution is -0.120. The molecule has 0 atom stereocenters. The molecule has 18 heavy (non-hydrogen) atoms. The van der Waals surface area contributed by atoms with Crippen LogP contribution in [0.25, 0.3) is 0 Å². The third-order valence-corrected chi connectivity index (χ3v) is 2.42. The minimum absolute atomic E-state index is 0.0519. The largest absolute Gasteiger partial charge is 0.380 e. The van der Waals surface area contributed by atoms with E-state index in [0.717, 1.165) is 25.1 Å². The average Bonchev–Trinajstić information content (AvgIpc) is 2.89. The molecule has 0 aromatic carbocycles. The molecule has 1 aromatic heterocycles. The number of aryl methyl sites for hydroxylation is 1. The summed E-state index contributed by atoms with van der Waals surface area (Å²) in [6.07, 6.45) is 4.11. The molecule has 0 fully saturated rings. The van der Waals surface area contributed by atoms with Gasteiger partial charge in [0.1, 0.15) is 0 Å². The van der Waals surface area contributed by atoms with E-state index in [9.17, 15) is 4.79 Å². The van der Waals surface area contributed by atoms with Crippen molar-refractivity contribution in [2.24, 2.45) is 0 Å². The van der Waals surface area contributed by atoms with Gasteiger partial charge in [-0.2, -0.15) is 0 Å². The van der Waals surface area contributed by atoms with Crippen molar-refractivity contribution < 1.29 is 9.53 Å². The van der Waals surface area contributed by atoms with Crippen molar-refractivity contribution in [1.82, 2.24) is 26.0 Å². The molecule has 1 amide bonds. The van der Waals surface area contributed by atoms with Crippen LogP contribution in [0.5, 0.6) is 0 Å². The molecule has 0 unspecified atom stereocenters. The Kier molecular flexibility index (Phi) is 7.74. The zero-order valence-electron chi connectivity index (χ0n) is 10.7. The molecule has 1 heterocycles. The molecule has 0 aliphatic rings. The molecule has 0 radical (unpaired) electrons. The number of ether oxygens (including phenoxy) is 1. The van der Waals surface area contributed by atoms with Crippen molar-refractivity contribution in [3.8, 4) is 0 Å². The van der Waals surface area contributed by atoms with Gasteiger partial charge in [0, 0.05) is 39.4 Å². The summed E-state index contributed by atoms with van der Waals surface area (Å²) in [5.41, 5.74) is 0.960. The lowest BCUT2D eigenvalue weighted by atomic mass is 10.3. The lowest BCUT2D eigenvalue weighted by Crippen LogP contribution is -2.27. The number of amides is 1. The maximum atomic E-state index is 10.9. The molecule has 1 aromatic rings. The average molecular weight is 255 g/mol. The van der Waals surface area contributed by atoms with Crippen molar-refractivity contribution in [3.63, 3.8) is 0 Å². The summed E-state index contributed by atoms with van der Waals surface area (Å²) in [7, 11) is 1.64. The standard InChI is InChI=1S/C11H21N5O2/c1-12-11(17)4-5-13-6-8-18-7-2-3-10-9-14-16-15-10/h9,13H,2-8H2,1H3,(H,12,17)(H,14,15,16). The molecule has 7 heteroatoms. The van der Waals surface area contributed by atoms with Crippen molar-refractivity contribution in [2.75, 3.05) is 33.4 Å². The third-order valence-electron chi connectivity index (χ3n) is 2.42. The highest BCUT2D eigenvalue weighted by atomic mass is 16.5. The Bertz CT molecular complexity index is 315. The number of H-pyrrole nitrogens is 1. The highest BCUT2D eigenvalue weighted by molar-refractivity contribution is 5.75. The zero-order valence-corrected chi connectivity index (χ0v) is 10.7. The minimum Gasteiger partial charge on any atom is -0.380 e. The Labute approximate surface area is 107 Å². The summed E-state index contributed by atoms with van der Waals surface area (Å²) >= 11 is 0. The number of carbonyl (C=O) groups excluding carboxylic acids is 1. The van der Waals surface area contributed by atoms with Crippen LogP contribution in [0.4, 0.5) is 0 Å². The number of aromatic nitrogens is 3. The molecule has 102 valence electrons. The molecule has 3 N–H and O–H groups in total. The van der Waals surface area contributed by atoms with Crippen molar-refractivity contribution in [2.45, 2.75) is 19.3 Å². The fraction of sp³-hybridized carbons (Fsp3) is 0.727. The second kappa shape index (κ2) is 9.55. The predicted molar refractivity (Wildman–Crippen MR) is 67.1 cm³/mol. The van der Waals surface area contributed by atoms with Crippen LogP contribution in [-0.4, -0.2) is 54.7 Å². The van der Waals surface area contributed by atoms with E-state index in [1.54, 1.807) is 13.2 Å². The van der Waals surface area contributed by atoms with Gasteiger partial charge in [-0.25, -0.2) is 0 Å². The van der Waals surface area contributed by atoms with Crippen molar-refractivity contribution in [3.05, 3.63) is 11.9 Å². The number of nitrogens with one attached hydrogen (secondary N) is 3. The van der Waals surface area contributed by atoms with E-state index >= 15 is 0 Å². The van der Waals surface area contributed by atoms with Gasteiger partial charge in [-0.05, 0) is 12.8 Å². The summed E-state index contributed by atoms with van der Waals surface area (Å²) < 4.78 is 5.44. The number of carbonyl (C=O) groups is 1. The molecule has 0 aliphatic heterocycles. The number of aromatic amines is 1. The highest BCUT2D eigenvalue weighted by Crippen LogP contribution is 1.95. The minimum atomic E-state index is 0.0519. The maximum absolute atomic E-state index is 10.9. The third kappa shape index (κ3) is 6.97. The van der Waals surface area contributed by atoms with Crippen LogP contribution in [0.3, 0.4) is 0 Å². The second-order valence-electron chi connectivity index (χ2n) is 3.85. The van der Waals surface area contributed by atoms with E-state index in [1.165, 1.54) is 0 Å². The van der Waals surface area contributed by atoms with Crippen LogP contribution < -0.4 is 10.6 Å². The van der Waals surface area contributed by atoms with Gasteiger partial charge in [0.2, 0.25) is 5.91 Å². The van der Waals surface area contributed by atoms with Crippen LogP contribution in [0, 0.1) is 0 Å². The quantitative estimate of drug-likeness (QED) is 0.489. The normalized spacial score (nSPS) is 10.5. The molecule has 0 saturated carbocycles. The van der Waals surface area contributed by atoms with Crippen LogP contribution in [0.1, 0.15) is 18.5 Å². The van der Waals surface area contributed by atoms with Gasteiger partial charge in [-0.1, -0.05) is 5.21 Å². The Balaban J connectivity index is 1.80. The van der Waals surface area contributed by atoms with Crippen LogP contribution in [-0.2, 0) is 16.0 Å². The molecule has 0 bridgehead atoms. The molecule has 0 aliphatic carbocycles. The first kappa shape index (κ1) is 14.6. The van der Waals surface area contributed by atoms with E-state index in [2.05, 4.69) is 26.0 Å². The van der Waals surface area contributed by atoms with Crippen molar-refractivity contribution in [1.29, 1.82) is 0 Å². The number of hydrogen-bond acceptors (Lipinski definition) is 5. The fourth-order valence-corrected chi connectivity index (χ4v) is 1.40. The van der Waals surface area contributed by atoms with Crippen LogP contribution >= 0.6 is 0 Å². The van der Waals surface area contributed by atoms with Crippen LogP contribution in [0.2, 0.25) is 0 Å². The summed E-state index contributed by atoms with van der Waals surface area (Å²) in [4.78, 5) is 10.9. The number of hydrogen-bond donors (Lipinski definition) is 3. The summed E-state index contributed by atoms with van der Waals surface area (Å²) in [6, 6.07) is 0. The first-order valence-corrected chi connectivity index (χ1v) is 6.17. The van der Waals surface area contributed by atoms with Gasteiger partial charge >= 0.3 is 0 Å². The zero-order chi connectivity index (χ0) is 13.1. The summed E-state index contributed by atoms with van der Waals surface area (Å²) in [5.74, 6) is 0.0519. The fourth-order valence-electron chi connectivity index (χ4n) is 1.40. The van der Waals surface area contributed by atoms with Gasteiger partial charge in [0.05, 0.1) is 12.3 Å². The highest BCUT2D eigenvalue weighted by Gasteiger charge is 1.97. The molecular weight excluding hydrogens is 234 g/mol. The van der Waals surface area contributed by atoms with Gasteiger partial charge in [-0.15, -0.1) is 5.10 Å². The lowest BCUT2D eigenvalue weighted by Gasteiger charge is -2.05. The predicted octanol–water partition coefficient (Wildman–Crippen LogP) is -0.520. The molecular formula is C11H21N5O2. The SMILES string of the molecule is CNC(=O)CCNCCOCCCc1c[nH]nn1. The Morgan fingerprint density at radius 1 is 1.44 bits per heavy atom. The molecule has 1 rings (SSSR count). The van der Waals surface area contributed by atoms with Crippen LogP contribution in [0.15, 0.2) is 6.20 Å². The first-order valence-electron chi connectivity index (χ1n) is 6.17. The monoisotopic (exact) mass is 255 g/mol. The van der Waals surface area contributed by atoms with E-state index in [-0.39, 0.29) is 5.91 Å². The van der Waals surface area contributed by atoms with E-state index in [1.807, 2.05) is 0 Å². The van der Waals surface area contributed by atoms with Crippen molar-refractivity contribution >= 4 is 5.91 Å². The molecule has 0 spiro atoms.